The van der Waals surface area contributed by atoms with E-state index in [1.54, 1.807) is 24.3 Å². The van der Waals surface area contributed by atoms with E-state index in [9.17, 15) is 9.18 Å². The molecule has 0 aliphatic carbocycles. The Bertz CT molecular complexity index is 798. The summed E-state index contributed by atoms with van der Waals surface area (Å²) in [6.45, 7) is 1.77. The van der Waals surface area contributed by atoms with Crippen molar-refractivity contribution >= 4 is 5.78 Å². The molecule has 0 aliphatic rings. The van der Waals surface area contributed by atoms with Crippen LogP contribution in [0.5, 0.6) is 0 Å². The van der Waals surface area contributed by atoms with Crippen LogP contribution in [-0.2, 0) is 6.54 Å². The van der Waals surface area contributed by atoms with E-state index in [0.29, 0.717) is 12.1 Å². The number of halogens is 1. The van der Waals surface area contributed by atoms with Crippen molar-refractivity contribution in [3.63, 3.8) is 0 Å². The molecule has 0 unspecified atom stereocenters. The standard InChI is InChI=1S/C18H16FN3O/c1-13(19)17-16(18(23)15-10-6-3-7-11-15)20-21-22(17)12-14-8-4-2-5-9-14/h2-11,13H,12H2,1H3/t13-/m1/s1. The van der Waals surface area contributed by atoms with Crippen LogP contribution in [0, 0.1) is 0 Å². The molecule has 0 aliphatic heterocycles. The molecule has 1 heterocycles. The summed E-state index contributed by atoms with van der Waals surface area (Å²) in [6.07, 6.45) is -1.34. The molecule has 0 saturated heterocycles. The van der Waals surface area contributed by atoms with Gasteiger partial charge in [0.05, 0.1) is 6.54 Å². The van der Waals surface area contributed by atoms with Crippen LogP contribution in [0.3, 0.4) is 0 Å². The van der Waals surface area contributed by atoms with Crippen molar-refractivity contribution in [2.45, 2.75) is 19.6 Å². The second-order valence-electron chi connectivity index (χ2n) is 5.28. The lowest BCUT2D eigenvalue weighted by molar-refractivity contribution is 0.103. The zero-order valence-corrected chi connectivity index (χ0v) is 12.7. The number of ketones is 1. The fourth-order valence-corrected chi connectivity index (χ4v) is 2.48. The van der Waals surface area contributed by atoms with Crippen LogP contribution in [-0.4, -0.2) is 20.8 Å². The minimum absolute atomic E-state index is 0.0714. The first-order valence-corrected chi connectivity index (χ1v) is 7.38. The first-order valence-electron chi connectivity index (χ1n) is 7.38. The van der Waals surface area contributed by atoms with Crippen LogP contribution in [0.1, 0.15) is 40.4 Å². The summed E-state index contributed by atoms with van der Waals surface area (Å²) >= 11 is 0. The van der Waals surface area contributed by atoms with Gasteiger partial charge >= 0.3 is 0 Å². The Labute approximate surface area is 133 Å². The lowest BCUT2D eigenvalue weighted by atomic mass is 10.1. The highest BCUT2D eigenvalue weighted by molar-refractivity contribution is 6.08. The number of hydrogen-bond acceptors (Lipinski definition) is 3. The van der Waals surface area contributed by atoms with Crippen LogP contribution >= 0.6 is 0 Å². The van der Waals surface area contributed by atoms with Gasteiger partial charge in [-0.2, -0.15) is 0 Å². The monoisotopic (exact) mass is 309 g/mol. The zero-order chi connectivity index (χ0) is 16.2. The molecule has 0 bridgehead atoms. The molecular formula is C18H16FN3O. The molecule has 4 nitrogen and oxygen atoms in total. The highest BCUT2D eigenvalue weighted by Crippen LogP contribution is 2.22. The van der Waals surface area contributed by atoms with Crippen LogP contribution < -0.4 is 0 Å². The third kappa shape index (κ3) is 3.18. The van der Waals surface area contributed by atoms with Crippen molar-refractivity contribution in [3.8, 4) is 0 Å². The number of carbonyl (C=O) groups is 1. The lowest BCUT2D eigenvalue weighted by Crippen LogP contribution is -2.11. The Morgan fingerprint density at radius 3 is 2.30 bits per heavy atom. The summed E-state index contributed by atoms with van der Waals surface area (Å²) in [6, 6.07) is 18.3. The number of aromatic nitrogens is 3. The third-order valence-corrected chi connectivity index (χ3v) is 3.58. The predicted octanol–water partition coefficient (Wildman–Crippen LogP) is 3.59. The van der Waals surface area contributed by atoms with Gasteiger partial charge in [0, 0.05) is 5.56 Å². The second kappa shape index (κ2) is 6.52. The van der Waals surface area contributed by atoms with Crippen molar-refractivity contribution in [2.24, 2.45) is 0 Å². The molecular weight excluding hydrogens is 293 g/mol. The molecule has 2 aromatic carbocycles. The van der Waals surface area contributed by atoms with E-state index >= 15 is 0 Å². The smallest absolute Gasteiger partial charge is 0.215 e. The molecule has 0 saturated carbocycles. The Kier molecular flexibility index (Phi) is 4.28. The molecule has 3 rings (SSSR count). The van der Waals surface area contributed by atoms with E-state index in [2.05, 4.69) is 10.3 Å². The van der Waals surface area contributed by atoms with Crippen molar-refractivity contribution in [2.75, 3.05) is 0 Å². The van der Waals surface area contributed by atoms with Gasteiger partial charge < -0.3 is 0 Å². The largest absolute Gasteiger partial charge is 0.287 e. The summed E-state index contributed by atoms with van der Waals surface area (Å²) in [7, 11) is 0. The predicted molar refractivity (Wildman–Crippen MR) is 85.0 cm³/mol. The molecule has 23 heavy (non-hydrogen) atoms. The first-order chi connectivity index (χ1) is 11.2. The fourth-order valence-electron chi connectivity index (χ4n) is 2.48. The van der Waals surface area contributed by atoms with Crippen molar-refractivity contribution in [1.29, 1.82) is 0 Å². The van der Waals surface area contributed by atoms with Crippen LogP contribution in [0.2, 0.25) is 0 Å². The molecule has 0 spiro atoms. The summed E-state index contributed by atoms with van der Waals surface area (Å²) < 4.78 is 15.6. The fraction of sp³-hybridized carbons (Fsp3) is 0.167. The highest BCUT2D eigenvalue weighted by atomic mass is 19.1. The maximum Gasteiger partial charge on any atom is 0.215 e. The van der Waals surface area contributed by atoms with E-state index in [0.717, 1.165) is 5.56 Å². The van der Waals surface area contributed by atoms with Gasteiger partial charge in [-0.3, -0.25) is 4.79 Å². The van der Waals surface area contributed by atoms with Crippen molar-refractivity contribution < 1.29 is 9.18 Å². The average molecular weight is 309 g/mol. The van der Waals surface area contributed by atoms with Crippen molar-refractivity contribution in [3.05, 3.63) is 83.2 Å². The molecule has 0 N–H and O–H groups in total. The Morgan fingerprint density at radius 2 is 1.70 bits per heavy atom. The molecule has 0 radical (unpaired) electrons. The van der Waals surface area contributed by atoms with Gasteiger partial charge in [0.25, 0.3) is 0 Å². The molecule has 0 fully saturated rings. The van der Waals surface area contributed by atoms with Gasteiger partial charge in [-0.05, 0) is 12.5 Å². The summed E-state index contributed by atoms with van der Waals surface area (Å²) in [5.41, 5.74) is 1.73. The number of alkyl halides is 1. The maximum atomic E-state index is 14.1. The number of rotatable bonds is 5. The van der Waals surface area contributed by atoms with E-state index in [4.69, 9.17) is 0 Å². The summed E-state index contributed by atoms with van der Waals surface area (Å²) in [4.78, 5) is 12.6. The van der Waals surface area contributed by atoms with E-state index in [1.165, 1.54) is 11.6 Å². The van der Waals surface area contributed by atoms with Gasteiger partial charge in [0.2, 0.25) is 5.78 Å². The van der Waals surface area contributed by atoms with E-state index in [1.807, 2.05) is 36.4 Å². The van der Waals surface area contributed by atoms with Crippen LogP contribution in [0.4, 0.5) is 4.39 Å². The lowest BCUT2D eigenvalue weighted by Gasteiger charge is -2.09. The number of benzene rings is 2. The topological polar surface area (TPSA) is 47.8 Å². The van der Waals surface area contributed by atoms with Gasteiger partial charge in [0.15, 0.2) is 5.69 Å². The SMILES string of the molecule is C[C@@H](F)c1c(C(=O)c2ccccc2)nnn1Cc1ccccc1. The number of hydrogen-bond donors (Lipinski definition) is 0. The quantitative estimate of drug-likeness (QED) is 0.677. The minimum atomic E-state index is -1.34. The third-order valence-electron chi connectivity index (χ3n) is 3.58. The van der Waals surface area contributed by atoms with Crippen LogP contribution in [0.25, 0.3) is 0 Å². The summed E-state index contributed by atoms with van der Waals surface area (Å²) in [5, 5.41) is 7.92. The first kappa shape index (κ1) is 15.1. The normalized spacial score (nSPS) is 12.1. The Balaban J connectivity index is 1.98. The molecule has 0 amide bonds. The van der Waals surface area contributed by atoms with Gasteiger partial charge in [-0.15, -0.1) is 5.10 Å². The van der Waals surface area contributed by atoms with Crippen molar-refractivity contribution in [1.82, 2.24) is 15.0 Å². The Hall–Kier alpha value is -2.82. The second-order valence-corrected chi connectivity index (χ2v) is 5.28. The maximum absolute atomic E-state index is 14.1. The molecule has 1 aromatic heterocycles. The minimum Gasteiger partial charge on any atom is -0.287 e. The van der Waals surface area contributed by atoms with Crippen LogP contribution in [0.15, 0.2) is 60.7 Å². The summed E-state index contributed by atoms with van der Waals surface area (Å²) in [5.74, 6) is -0.315. The number of nitrogens with zero attached hydrogens (tertiary/aromatic N) is 3. The average Bonchev–Trinajstić information content (AvgIpc) is 2.99. The zero-order valence-electron chi connectivity index (χ0n) is 12.7. The number of carbonyl (C=O) groups excluding carboxylic acids is 1. The van der Waals surface area contributed by atoms with Gasteiger partial charge in [-0.25, -0.2) is 9.07 Å². The van der Waals surface area contributed by atoms with Gasteiger partial charge in [-0.1, -0.05) is 65.9 Å². The van der Waals surface area contributed by atoms with E-state index in [-0.39, 0.29) is 17.2 Å². The highest BCUT2D eigenvalue weighted by Gasteiger charge is 2.24. The molecule has 3 aromatic rings. The molecule has 5 heteroatoms. The molecule has 1 atom stereocenters. The van der Waals surface area contributed by atoms with Gasteiger partial charge in [0.1, 0.15) is 11.9 Å². The molecule has 116 valence electrons. The Morgan fingerprint density at radius 1 is 1.09 bits per heavy atom. The van der Waals surface area contributed by atoms with E-state index < -0.39 is 6.17 Å².